The number of amides is 2. The Balaban J connectivity index is 2.19. The molecule has 128 valence electrons. The molecule has 3 aromatic rings. The summed E-state index contributed by atoms with van der Waals surface area (Å²) in [7, 11) is 0. The van der Waals surface area contributed by atoms with Gasteiger partial charge in [0.15, 0.2) is 10.3 Å². The van der Waals surface area contributed by atoms with Crippen LogP contribution >= 0.6 is 57.5 Å². The molecule has 0 bridgehead atoms. The molecule has 12 heteroatoms. The fourth-order valence-corrected chi connectivity index (χ4v) is 4.57. The van der Waals surface area contributed by atoms with Crippen molar-refractivity contribution in [3.8, 4) is 6.07 Å². The molecule has 2 N–H and O–H groups in total. The Morgan fingerprint density at radius 2 is 1.44 bits per heavy atom. The van der Waals surface area contributed by atoms with Gasteiger partial charge in [0.1, 0.15) is 28.9 Å². The van der Waals surface area contributed by atoms with Gasteiger partial charge in [-0.3, -0.25) is 9.59 Å². The lowest BCUT2D eigenvalue weighted by atomic mass is 10.2. The van der Waals surface area contributed by atoms with E-state index in [0.717, 1.165) is 22.7 Å². The number of hydrogen-bond donors (Lipinski definition) is 2. The van der Waals surface area contributed by atoms with Crippen LogP contribution in [0.1, 0.15) is 5.56 Å². The van der Waals surface area contributed by atoms with Crippen LogP contribution in [0.3, 0.4) is 0 Å². The Morgan fingerprint density at radius 1 is 1.00 bits per heavy atom. The van der Waals surface area contributed by atoms with Crippen LogP contribution in [0.25, 0.3) is 20.4 Å². The zero-order valence-electron chi connectivity index (χ0n) is 12.0. The van der Waals surface area contributed by atoms with Crippen molar-refractivity contribution < 1.29 is 9.59 Å². The van der Waals surface area contributed by atoms with E-state index in [1.54, 1.807) is 0 Å². The minimum atomic E-state index is -0.415. The maximum atomic E-state index is 11.4. The third kappa shape index (κ3) is 3.36. The number of nitrogens with one attached hydrogen (secondary N) is 2. The highest BCUT2D eigenvalue weighted by molar-refractivity contribution is 7.25. The number of halogens is 3. The standard InChI is InChI=1S/C13H6Cl3N5O2S2/c14-1-5(22)18-12-20-8-7(16)9-11(4(3-17)10(8)24-12)25-13(21-9)19-6(23)2-15/h1-2H2,(H,18,20,22)(H,19,21,23). The number of carbonyl (C=O) groups is 2. The van der Waals surface area contributed by atoms with Crippen LogP contribution in [0.4, 0.5) is 10.3 Å². The van der Waals surface area contributed by atoms with Gasteiger partial charge in [-0.25, -0.2) is 9.97 Å². The molecule has 3 rings (SSSR count). The Morgan fingerprint density at radius 3 is 1.80 bits per heavy atom. The predicted molar refractivity (Wildman–Crippen MR) is 101 cm³/mol. The summed E-state index contributed by atoms with van der Waals surface area (Å²) in [5, 5.41) is 15.4. The Bertz CT molecular complexity index is 982. The molecule has 0 atom stereocenters. The lowest BCUT2D eigenvalue weighted by molar-refractivity contribution is -0.114. The first-order valence-corrected chi connectivity index (χ1v) is 9.60. The maximum Gasteiger partial charge on any atom is 0.241 e. The first kappa shape index (κ1) is 18.1. The average molecular weight is 435 g/mol. The number of carbonyl (C=O) groups excluding carboxylic acids is 2. The molecule has 25 heavy (non-hydrogen) atoms. The highest BCUT2D eigenvalue weighted by atomic mass is 35.5. The van der Waals surface area contributed by atoms with Gasteiger partial charge in [0, 0.05) is 0 Å². The average Bonchev–Trinajstić information content (AvgIpc) is 3.19. The highest BCUT2D eigenvalue weighted by Gasteiger charge is 2.22. The van der Waals surface area contributed by atoms with E-state index in [-0.39, 0.29) is 27.0 Å². The van der Waals surface area contributed by atoms with Crippen molar-refractivity contribution in [3.05, 3.63) is 10.6 Å². The number of thiazole rings is 2. The summed E-state index contributed by atoms with van der Waals surface area (Å²) in [6, 6.07) is 2.11. The summed E-state index contributed by atoms with van der Waals surface area (Å²) >= 11 is 19.5. The summed E-state index contributed by atoms with van der Waals surface area (Å²) in [5.74, 6) is -1.26. The van der Waals surface area contributed by atoms with Gasteiger partial charge in [-0.05, 0) is 0 Å². The number of benzene rings is 1. The van der Waals surface area contributed by atoms with Crippen molar-refractivity contribution in [1.82, 2.24) is 9.97 Å². The molecule has 0 unspecified atom stereocenters. The fourth-order valence-electron chi connectivity index (χ4n) is 2.01. The summed E-state index contributed by atoms with van der Waals surface area (Å²) in [5.41, 5.74) is 1.02. The molecular weight excluding hydrogens is 429 g/mol. The molecule has 0 fully saturated rings. The largest absolute Gasteiger partial charge is 0.301 e. The van der Waals surface area contributed by atoms with Crippen molar-refractivity contribution in [3.63, 3.8) is 0 Å². The van der Waals surface area contributed by atoms with E-state index < -0.39 is 11.8 Å². The van der Waals surface area contributed by atoms with Crippen LogP contribution in [0.5, 0.6) is 0 Å². The van der Waals surface area contributed by atoms with E-state index in [2.05, 4.69) is 26.7 Å². The third-order valence-electron chi connectivity index (χ3n) is 2.97. The van der Waals surface area contributed by atoms with Crippen LogP contribution in [-0.4, -0.2) is 33.5 Å². The highest BCUT2D eigenvalue weighted by Crippen LogP contribution is 2.42. The number of aromatic nitrogens is 2. The van der Waals surface area contributed by atoms with Crippen LogP contribution in [-0.2, 0) is 9.59 Å². The van der Waals surface area contributed by atoms with E-state index in [1.807, 2.05) is 0 Å². The van der Waals surface area contributed by atoms with Crippen LogP contribution in [0.15, 0.2) is 0 Å². The second-order valence-electron chi connectivity index (χ2n) is 4.56. The van der Waals surface area contributed by atoms with Crippen LogP contribution < -0.4 is 10.6 Å². The molecule has 0 saturated carbocycles. The van der Waals surface area contributed by atoms with E-state index in [4.69, 9.17) is 34.8 Å². The van der Waals surface area contributed by atoms with Crippen molar-refractivity contribution in [2.45, 2.75) is 0 Å². The first-order valence-electron chi connectivity index (χ1n) is 6.52. The van der Waals surface area contributed by atoms with Crippen molar-refractivity contribution in [2.24, 2.45) is 0 Å². The molecule has 0 aliphatic carbocycles. The van der Waals surface area contributed by atoms with E-state index >= 15 is 0 Å². The summed E-state index contributed by atoms with van der Waals surface area (Å²) in [6.07, 6.45) is 0. The summed E-state index contributed by atoms with van der Waals surface area (Å²) in [4.78, 5) is 31.3. The van der Waals surface area contributed by atoms with Gasteiger partial charge in [-0.1, -0.05) is 34.3 Å². The van der Waals surface area contributed by atoms with Crippen LogP contribution in [0, 0.1) is 11.3 Å². The number of fused-ring (bicyclic) bond motifs is 2. The number of hydrogen-bond acceptors (Lipinski definition) is 7. The van der Waals surface area contributed by atoms with Crippen molar-refractivity contribution >= 4 is 100.0 Å². The normalized spacial score (nSPS) is 10.8. The molecule has 1 aromatic carbocycles. The molecule has 0 aliphatic rings. The second kappa shape index (κ2) is 7.27. The van der Waals surface area contributed by atoms with Crippen molar-refractivity contribution in [1.29, 1.82) is 5.26 Å². The van der Waals surface area contributed by atoms with Gasteiger partial charge in [-0.2, -0.15) is 5.26 Å². The van der Waals surface area contributed by atoms with Gasteiger partial charge >= 0.3 is 0 Å². The van der Waals surface area contributed by atoms with Crippen molar-refractivity contribution in [2.75, 3.05) is 22.4 Å². The zero-order chi connectivity index (χ0) is 18.1. The quantitative estimate of drug-likeness (QED) is 0.607. The van der Waals surface area contributed by atoms with Gasteiger partial charge in [0.2, 0.25) is 11.8 Å². The van der Waals surface area contributed by atoms with Crippen LogP contribution in [0.2, 0.25) is 5.02 Å². The molecule has 0 aliphatic heterocycles. The van der Waals surface area contributed by atoms with Gasteiger partial charge in [-0.15, -0.1) is 23.2 Å². The number of anilines is 2. The van der Waals surface area contributed by atoms with E-state index in [1.165, 1.54) is 0 Å². The molecule has 0 radical (unpaired) electrons. The van der Waals surface area contributed by atoms with Gasteiger partial charge < -0.3 is 10.6 Å². The number of rotatable bonds is 4. The molecule has 7 nitrogen and oxygen atoms in total. The monoisotopic (exact) mass is 433 g/mol. The lowest BCUT2D eigenvalue weighted by Crippen LogP contribution is -2.12. The first-order chi connectivity index (χ1) is 12.0. The lowest BCUT2D eigenvalue weighted by Gasteiger charge is -1.97. The summed E-state index contributed by atoms with van der Waals surface area (Å²) < 4.78 is 1.03. The Labute approximate surface area is 163 Å². The topological polar surface area (TPSA) is 108 Å². The van der Waals surface area contributed by atoms with E-state index in [0.29, 0.717) is 26.0 Å². The number of nitriles is 1. The molecule has 0 saturated heterocycles. The molecule has 2 amide bonds. The Kier molecular flexibility index (Phi) is 5.27. The Hall–Kier alpha value is -1.70. The van der Waals surface area contributed by atoms with Gasteiger partial charge in [0.25, 0.3) is 0 Å². The predicted octanol–water partition coefficient (Wildman–Crippen LogP) is 3.79. The molecule has 2 aromatic heterocycles. The molecule has 0 spiro atoms. The minimum Gasteiger partial charge on any atom is -0.301 e. The molecular formula is C13H6Cl3N5O2S2. The van der Waals surface area contributed by atoms with E-state index in [9.17, 15) is 14.9 Å². The SMILES string of the molecule is N#Cc1c2sc(NC(=O)CCl)nc2c(Cl)c2nc(NC(=O)CCl)sc12. The number of alkyl halides is 2. The number of nitrogens with zero attached hydrogens (tertiary/aromatic N) is 3. The maximum absolute atomic E-state index is 11.4. The zero-order valence-corrected chi connectivity index (χ0v) is 15.9. The second-order valence-corrected chi connectivity index (χ2v) is 7.47. The van der Waals surface area contributed by atoms with Gasteiger partial charge in [0.05, 0.1) is 20.0 Å². The fraction of sp³-hybridized carbons (Fsp3) is 0.154. The smallest absolute Gasteiger partial charge is 0.241 e. The minimum absolute atomic E-state index is 0.213. The molecule has 2 heterocycles. The summed E-state index contributed by atoms with van der Waals surface area (Å²) in [6.45, 7) is 0. The third-order valence-corrected chi connectivity index (χ3v) is 5.79.